The second kappa shape index (κ2) is 7.43. The van der Waals surface area contributed by atoms with Crippen molar-refractivity contribution < 1.29 is 9.18 Å². The lowest BCUT2D eigenvalue weighted by Gasteiger charge is -2.31. The SMILES string of the molecule is CC1CCN(C(=O)[C@@H](C)Sc2nnc(-c3ccc(F)cc3)n2N)CC1. The van der Waals surface area contributed by atoms with Gasteiger partial charge >= 0.3 is 0 Å². The minimum Gasteiger partial charge on any atom is -0.342 e. The summed E-state index contributed by atoms with van der Waals surface area (Å²) >= 11 is 1.29. The van der Waals surface area contributed by atoms with Crippen LogP contribution in [0.2, 0.25) is 0 Å². The van der Waals surface area contributed by atoms with Gasteiger partial charge in [0.2, 0.25) is 11.1 Å². The number of carbonyl (C=O) groups is 1. The van der Waals surface area contributed by atoms with Crippen molar-refractivity contribution in [3.63, 3.8) is 0 Å². The molecule has 1 amide bonds. The quantitative estimate of drug-likeness (QED) is 0.667. The largest absolute Gasteiger partial charge is 0.342 e. The fourth-order valence-corrected chi connectivity index (χ4v) is 3.70. The summed E-state index contributed by atoms with van der Waals surface area (Å²) in [5, 5.41) is 8.32. The molecule has 1 aliphatic rings. The number of hydrogen-bond acceptors (Lipinski definition) is 5. The fourth-order valence-electron chi connectivity index (χ4n) is 2.85. The van der Waals surface area contributed by atoms with Crippen LogP contribution in [0.5, 0.6) is 0 Å². The molecule has 6 nitrogen and oxygen atoms in total. The molecule has 0 spiro atoms. The second-order valence-electron chi connectivity index (χ2n) is 6.45. The number of rotatable bonds is 4. The Morgan fingerprint density at radius 2 is 1.92 bits per heavy atom. The van der Waals surface area contributed by atoms with Gasteiger partial charge in [-0.25, -0.2) is 9.07 Å². The lowest BCUT2D eigenvalue weighted by atomic mass is 9.99. The van der Waals surface area contributed by atoms with E-state index in [1.165, 1.54) is 28.6 Å². The monoisotopic (exact) mass is 363 g/mol. The zero-order valence-electron chi connectivity index (χ0n) is 14.4. The van der Waals surface area contributed by atoms with E-state index in [0.29, 0.717) is 22.5 Å². The van der Waals surface area contributed by atoms with Crippen molar-refractivity contribution >= 4 is 17.7 Å². The molecule has 0 saturated carbocycles. The number of nitrogen functional groups attached to an aromatic ring is 1. The van der Waals surface area contributed by atoms with Gasteiger partial charge in [0.1, 0.15) is 5.82 Å². The van der Waals surface area contributed by atoms with Crippen LogP contribution in [0.4, 0.5) is 4.39 Å². The van der Waals surface area contributed by atoms with Gasteiger partial charge in [0.05, 0.1) is 5.25 Å². The highest BCUT2D eigenvalue weighted by Gasteiger charge is 2.26. The lowest BCUT2D eigenvalue weighted by Crippen LogP contribution is -2.41. The van der Waals surface area contributed by atoms with Crippen LogP contribution < -0.4 is 5.84 Å². The van der Waals surface area contributed by atoms with Gasteiger partial charge in [0.25, 0.3) is 0 Å². The highest BCUT2D eigenvalue weighted by atomic mass is 32.2. The maximum absolute atomic E-state index is 13.0. The molecule has 1 aromatic carbocycles. The predicted octanol–water partition coefficient (Wildman–Crippen LogP) is 2.54. The molecule has 0 aliphatic carbocycles. The zero-order chi connectivity index (χ0) is 18.0. The molecule has 1 atom stereocenters. The molecule has 1 aliphatic heterocycles. The van der Waals surface area contributed by atoms with E-state index in [4.69, 9.17) is 5.84 Å². The number of hydrogen-bond donors (Lipinski definition) is 1. The standard InChI is InChI=1S/C17H22FN5OS/c1-11-7-9-22(10-8-11)16(24)12(2)25-17-21-20-15(23(17)19)13-3-5-14(18)6-4-13/h3-6,11-12H,7-10,19H2,1-2H3/t12-/m1/s1. The van der Waals surface area contributed by atoms with E-state index >= 15 is 0 Å². The van der Waals surface area contributed by atoms with Gasteiger partial charge in [-0.1, -0.05) is 18.7 Å². The first kappa shape index (κ1) is 17.7. The summed E-state index contributed by atoms with van der Waals surface area (Å²) in [6.07, 6.45) is 2.09. The molecule has 1 saturated heterocycles. The molecule has 25 heavy (non-hydrogen) atoms. The highest BCUT2D eigenvalue weighted by molar-refractivity contribution is 8.00. The third-order valence-electron chi connectivity index (χ3n) is 4.49. The van der Waals surface area contributed by atoms with Gasteiger partial charge in [-0.15, -0.1) is 10.2 Å². The van der Waals surface area contributed by atoms with E-state index in [-0.39, 0.29) is 17.0 Å². The minimum absolute atomic E-state index is 0.100. The number of nitrogens with zero attached hydrogens (tertiary/aromatic N) is 4. The molecular weight excluding hydrogens is 341 g/mol. The number of amides is 1. The van der Waals surface area contributed by atoms with E-state index in [9.17, 15) is 9.18 Å². The average Bonchev–Trinajstić information content (AvgIpc) is 2.96. The summed E-state index contributed by atoms with van der Waals surface area (Å²) in [6, 6.07) is 5.89. The van der Waals surface area contributed by atoms with Crippen molar-refractivity contribution in [1.29, 1.82) is 0 Å². The van der Waals surface area contributed by atoms with E-state index < -0.39 is 0 Å². The number of thioether (sulfide) groups is 1. The van der Waals surface area contributed by atoms with Gasteiger partial charge < -0.3 is 10.7 Å². The summed E-state index contributed by atoms with van der Waals surface area (Å²) in [7, 11) is 0. The van der Waals surface area contributed by atoms with Crippen LogP contribution in [0.3, 0.4) is 0 Å². The Labute approximate surface area is 150 Å². The summed E-state index contributed by atoms with van der Waals surface area (Å²) in [5.41, 5.74) is 0.673. The van der Waals surface area contributed by atoms with Crippen molar-refractivity contribution in [1.82, 2.24) is 19.8 Å². The van der Waals surface area contributed by atoms with Crippen LogP contribution >= 0.6 is 11.8 Å². The molecule has 134 valence electrons. The Morgan fingerprint density at radius 3 is 2.56 bits per heavy atom. The maximum atomic E-state index is 13.0. The number of benzene rings is 1. The number of aromatic nitrogens is 3. The normalized spacial score (nSPS) is 16.8. The molecule has 2 N–H and O–H groups in total. The van der Waals surface area contributed by atoms with Crippen molar-refractivity contribution in [3.05, 3.63) is 30.1 Å². The van der Waals surface area contributed by atoms with Crippen molar-refractivity contribution in [2.75, 3.05) is 18.9 Å². The topological polar surface area (TPSA) is 77.0 Å². The molecule has 2 aromatic rings. The maximum Gasteiger partial charge on any atom is 0.235 e. The van der Waals surface area contributed by atoms with Gasteiger partial charge in [0, 0.05) is 18.7 Å². The number of halogens is 1. The van der Waals surface area contributed by atoms with Crippen molar-refractivity contribution in [3.8, 4) is 11.4 Å². The van der Waals surface area contributed by atoms with E-state index in [2.05, 4.69) is 17.1 Å². The summed E-state index contributed by atoms with van der Waals surface area (Å²) in [6.45, 7) is 5.69. The second-order valence-corrected chi connectivity index (χ2v) is 7.76. The summed E-state index contributed by atoms with van der Waals surface area (Å²) in [5.74, 6) is 6.97. The van der Waals surface area contributed by atoms with Crippen molar-refractivity contribution in [2.45, 2.75) is 37.1 Å². The van der Waals surface area contributed by atoms with Crippen LogP contribution in [0.25, 0.3) is 11.4 Å². The first-order valence-corrected chi connectivity index (χ1v) is 9.25. The fraction of sp³-hybridized carbons (Fsp3) is 0.471. The molecule has 1 fully saturated rings. The number of piperidine rings is 1. The smallest absolute Gasteiger partial charge is 0.235 e. The highest BCUT2D eigenvalue weighted by Crippen LogP contribution is 2.27. The minimum atomic E-state index is -0.323. The number of carbonyl (C=O) groups excluding carboxylic acids is 1. The Bertz CT molecular complexity index is 740. The molecule has 2 heterocycles. The molecule has 1 aromatic heterocycles. The van der Waals surface area contributed by atoms with Crippen LogP contribution in [0.15, 0.2) is 29.4 Å². The molecule has 0 bridgehead atoms. The van der Waals surface area contributed by atoms with Crippen LogP contribution in [-0.4, -0.2) is 44.0 Å². The third kappa shape index (κ3) is 3.95. The Kier molecular flexibility index (Phi) is 5.27. The van der Waals surface area contributed by atoms with Crippen LogP contribution in [0, 0.1) is 11.7 Å². The van der Waals surface area contributed by atoms with Crippen molar-refractivity contribution in [2.24, 2.45) is 5.92 Å². The number of likely N-dealkylation sites (tertiary alicyclic amines) is 1. The summed E-state index contributed by atoms with van der Waals surface area (Å²) in [4.78, 5) is 14.5. The van der Waals surface area contributed by atoms with E-state index in [1.54, 1.807) is 12.1 Å². The Hall–Kier alpha value is -2.09. The van der Waals surface area contributed by atoms with Crippen LogP contribution in [-0.2, 0) is 4.79 Å². The Balaban J connectivity index is 1.68. The van der Waals surface area contributed by atoms with E-state index in [0.717, 1.165) is 25.9 Å². The zero-order valence-corrected chi connectivity index (χ0v) is 15.2. The first-order chi connectivity index (χ1) is 12.0. The van der Waals surface area contributed by atoms with Gasteiger partial charge in [0.15, 0.2) is 5.82 Å². The predicted molar refractivity (Wildman–Crippen MR) is 95.9 cm³/mol. The Morgan fingerprint density at radius 1 is 1.28 bits per heavy atom. The molecule has 3 rings (SSSR count). The molecule has 8 heteroatoms. The van der Waals surface area contributed by atoms with E-state index in [1.807, 2.05) is 11.8 Å². The van der Waals surface area contributed by atoms with Crippen LogP contribution in [0.1, 0.15) is 26.7 Å². The molecule has 0 unspecified atom stereocenters. The average molecular weight is 363 g/mol. The van der Waals surface area contributed by atoms with Gasteiger partial charge in [-0.3, -0.25) is 4.79 Å². The van der Waals surface area contributed by atoms with Gasteiger partial charge in [-0.05, 0) is 49.9 Å². The lowest BCUT2D eigenvalue weighted by molar-refractivity contribution is -0.131. The van der Waals surface area contributed by atoms with Gasteiger partial charge in [-0.2, -0.15) is 0 Å². The first-order valence-electron chi connectivity index (χ1n) is 8.37. The molecule has 0 radical (unpaired) electrons. The third-order valence-corrected chi connectivity index (χ3v) is 5.54. The molecular formula is C17H22FN5OS. The summed E-state index contributed by atoms with van der Waals surface area (Å²) < 4.78 is 14.4. The number of nitrogens with two attached hydrogens (primary N) is 1.